The smallest absolute Gasteiger partial charge is 0.0845 e. The van der Waals surface area contributed by atoms with Crippen LogP contribution in [0.15, 0.2) is 182 Å². The Morgan fingerprint density at radius 3 is 1.70 bits per heavy atom. The molecule has 0 spiro atoms. The molecule has 0 aliphatic carbocycles. The molecule has 0 bridgehead atoms. The minimum absolute atomic E-state index is 0.0529. The van der Waals surface area contributed by atoms with E-state index in [1.165, 1.54) is 95.7 Å². The molecule has 4 heterocycles. The summed E-state index contributed by atoms with van der Waals surface area (Å²) in [5, 5.41) is 15.7. The summed E-state index contributed by atoms with van der Waals surface area (Å²) < 4.78 is 7.79. The lowest BCUT2D eigenvalue weighted by molar-refractivity contribution is 0.248. The molecule has 0 amide bonds. The monoisotopic (exact) mass is 767 g/mol. The van der Waals surface area contributed by atoms with E-state index in [1.54, 1.807) is 0 Å². The molecule has 57 heavy (non-hydrogen) atoms. The van der Waals surface area contributed by atoms with Crippen LogP contribution in [0, 0.1) is 0 Å². The van der Waals surface area contributed by atoms with E-state index >= 15 is 0 Å². The maximum atomic E-state index is 3.98. The number of nitrogens with zero attached hydrogens (tertiary/aromatic N) is 1. The highest BCUT2D eigenvalue weighted by molar-refractivity contribution is 7.27. The van der Waals surface area contributed by atoms with E-state index < -0.39 is 0 Å². The van der Waals surface area contributed by atoms with Crippen molar-refractivity contribution in [1.82, 2.24) is 15.2 Å². The lowest BCUT2D eigenvalue weighted by atomic mass is 9.90. The van der Waals surface area contributed by atoms with E-state index in [2.05, 4.69) is 197 Å². The summed E-state index contributed by atoms with van der Waals surface area (Å²) in [5.41, 5.74) is 10.2. The molecule has 3 aromatic heterocycles. The number of nitrogens with one attached hydrogen (secondary N) is 2. The first kappa shape index (κ1) is 33.1. The number of benzene rings is 8. The molecule has 1 fully saturated rings. The van der Waals surface area contributed by atoms with Crippen LogP contribution >= 0.6 is 22.7 Å². The highest BCUT2D eigenvalue weighted by Gasteiger charge is 2.30. The van der Waals surface area contributed by atoms with Gasteiger partial charge in [0.25, 0.3) is 0 Å². The Morgan fingerprint density at radius 1 is 0.421 bits per heavy atom. The third-order valence-electron chi connectivity index (χ3n) is 12.1. The Labute approximate surface area is 338 Å². The average molecular weight is 768 g/mol. The molecular formula is C52H37N3S2. The van der Waals surface area contributed by atoms with Crippen molar-refractivity contribution in [2.45, 2.75) is 24.7 Å². The molecule has 2 N–H and O–H groups in total. The molecule has 0 saturated carbocycles. The zero-order valence-corrected chi connectivity index (χ0v) is 32.7. The highest BCUT2D eigenvalue weighted by atomic mass is 32.1. The van der Waals surface area contributed by atoms with Gasteiger partial charge in [0.15, 0.2) is 0 Å². The first-order chi connectivity index (χ1) is 28.3. The predicted molar refractivity (Wildman–Crippen MR) is 244 cm³/mol. The van der Waals surface area contributed by atoms with Gasteiger partial charge in [-0.2, -0.15) is 0 Å². The molecule has 12 rings (SSSR count). The van der Waals surface area contributed by atoms with Crippen molar-refractivity contribution in [3.05, 3.63) is 199 Å². The minimum Gasteiger partial charge on any atom is -0.309 e. The topological polar surface area (TPSA) is 29.0 Å². The van der Waals surface area contributed by atoms with E-state index in [0.717, 1.165) is 6.42 Å². The average Bonchev–Trinajstić information content (AvgIpc) is 3.96. The molecule has 3 unspecified atom stereocenters. The van der Waals surface area contributed by atoms with Crippen LogP contribution in [-0.4, -0.2) is 4.57 Å². The van der Waals surface area contributed by atoms with Gasteiger partial charge in [-0.15, -0.1) is 22.7 Å². The molecule has 5 heteroatoms. The highest BCUT2D eigenvalue weighted by Crippen LogP contribution is 2.48. The Bertz CT molecular complexity index is 3200. The number of thiophene rings is 2. The minimum atomic E-state index is 0.0529. The second-order valence-electron chi connectivity index (χ2n) is 15.3. The molecule has 272 valence electrons. The van der Waals surface area contributed by atoms with Gasteiger partial charge >= 0.3 is 0 Å². The van der Waals surface area contributed by atoms with Crippen molar-refractivity contribution in [1.29, 1.82) is 0 Å². The Hall–Kier alpha value is -6.08. The molecule has 3 atom stereocenters. The fourth-order valence-corrected chi connectivity index (χ4v) is 12.0. The van der Waals surface area contributed by atoms with Crippen molar-refractivity contribution >= 4 is 84.8 Å². The standard InChI is InChI=1S/C52H37N3S2/c1-3-14-32(15-4-1)42-31-43(54-52(53-42)33-16-5-2-6-17-33)34-28-29-37-38-20-11-21-39(50(38)57-48(37)30-34)40-22-12-23-41-49-46(26-13-27-47(49)56-51(40)41)55-44-24-9-7-18-35(44)36-19-8-10-25-45(36)55/h1-30,42-43,52-54H,31H2. The van der Waals surface area contributed by atoms with Gasteiger partial charge in [0.05, 0.1) is 22.9 Å². The first-order valence-electron chi connectivity index (χ1n) is 19.8. The van der Waals surface area contributed by atoms with E-state index in [9.17, 15) is 0 Å². The molecule has 1 aliphatic heterocycles. The molecular weight excluding hydrogens is 731 g/mol. The number of rotatable bonds is 5. The van der Waals surface area contributed by atoms with Gasteiger partial charge in [-0.05, 0) is 53.4 Å². The molecule has 8 aromatic carbocycles. The molecule has 1 saturated heterocycles. The summed E-state index contributed by atoms with van der Waals surface area (Å²) >= 11 is 3.85. The zero-order chi connectivity index (χ0) is 37.5. The molecule has 0 radical (unpaired) electrons. The van der Waals surface area contributed by atoms with E-state index in [0.29, 0.717) is 0 Å². The lowest BCUT2D eigenvalue weighted by Gasteiger charge is -2.38. The van der Waals surface area contributed by atoms with Crippen LogP contribution in [0.4, 0.5) is 0 Å². The fourth-order valence-electron chi connectivity index (χ4n) is 9.46. The van der Waals surface area contributed by atoms with Gasteiger partial charge in [-0.25, -0.2) is 0 Å². The van der Waals surface area contributed by atoms with Crippen molar-refractivity contribution in [3.63, 3.8) is 0 Å². The van der Waals surface area contributed by atoms with E-state index in [1.807, 2.05) is 22.7 Å². The van der Waals surface area contributed by atoms with Gasteiger partial charge < -0.3 is 4.57 Å². The van der Waals surface area contributed by atoms with Gasteiger partial charge in [0, 0.05) is 74.3 Å². The van der Waals surface area contributed by atoms with Gasteiger partial charge in [-0.1, -0.05) is 152 Å². The van der Waals surface area contributed by atoms with Crippen LogP contribution in [0.1, 0.15) is 41.4 Å². The van der Waals surface area contributed by atoms with Crippen molar-refractivity contribution in [2.75, 3.05) is 0 Å². The van der Waals surface area contributed by atoms with E-state index in [-0.39, 0.29) is 18.2 Å². The maximum absolute atomic E-state index is 3.98. The number of hydrogen-bond donors (Lipinski definition) is 2. The van der Waals surface area contributed by atoms with Crippen LogP contribution in [0.3, 0.4) is 0 Å². The van der Waals surface area contributed by atoms with Gasteiger partial charge in [-0.3, -0.25) is 10.6 Å². The number of hydrogen-bond acceptors (Lipinski definition) is 4. The third-order valence-corrected chi connectivity index (χ3v) is 14.5. The first-order valence-corrected chi connectivity index (χ1v) is 21.4. The third kappa shape index (κ3) is 5.31. The Kier molecular flexibility index (Phi) is 7.70. The van der Waals surface area contributed by atoms with Crippen molar-refractivity contribution in [2.24, 2.45) is 0 Å². The normalized spacial score (nSPS) is 17.4. The number of fused-ring (bicyclic) bond motifs is 9. The van der Waals surface area contributed by atoms with Crippen LogP contribution in [-0.2, 0) is 0 Å². The van der Waals surface area contributed by atoms with Crippen LogP contribution in [0.2, 0.25) is 0 Å². The summed E-state index contributed by atoms with van der Waals surface area (Å²) in [7, 11) is 0. The summed E-state index contributed by atoms with van der Waals surface area (Å²) in [6.07, 6.45) is 1.02. The summed E-state index contributed by atoms with van der Waals surface area (Å²) in [4.78, 5) is 0. The lowest BCUT2D eigenvalue weighted by Crippen LogP contribution is -2.45. The van der Waals surface area contributed by atoms with Crippen LogP contribution in [0.25, 0.3) is 79.0 Å². The second kappa shape index (κ2) is 13.3. The quantitative estimate of drug-likeness (QED) is 0.183. The predicted octanol–water partition coefficient (Wildman–Crippen LogP) is 14.3. The SMILES string of the molecule is c1ccc(C2CC(c3ccc4c(c3)sc3c(-c5cccc6c5sc5cccc(-n7c8ccccc8c8ccccc87)c56)cccc34)NC(c3ccccc3)N2)cc1. The molecule has 1 aliphatic rings. The maximum Gasteiger partial charge on any atom is 0.0845 e. The summed E-state index contributed by atoms with van der Waals surface area (Å²) in [5.74, 6) is 0. The van der Waals surface area contributed by atoms with Crippen molar-refractivity contribution < 1.29 is 0 Å². The van der Waals surface area contributed by atoms with Gasteiger partial charge in [0.1, 0.15) is 0 Å². The van der Waals surface area contributed by atoms with E-state index in [4.69, 9.17) is 0 Å². The number of aromatic nitrogens is 1. The zero-order valence-electron chi connectivity index (χ0n) is 31.0. The molecule has 11 aromatic rings. The fraction of sp³-hybridized carbons (Fsp3) is 0.0769. The summed E-state index contributed by atoms with van der Waals surface area (Å²) in [6.45, 7) is 0. The largest absolute Gasteiger partial charge is 0.309 e. The van der Waals surface area contributed by atoms with Crippen LogP contribution in [0.5, 0.6) is 0 Å². The van der Waals surface area contributed by atoms with Crippen LogP contribution < -0.4 is 10.6 Å². The van der Waals surface area contributed by atoms with Crippen molar-refractivity contribution in [3.8, 4) is 16.8 Å². The Morgan fingerprint density at radius 2 is 0.982 bits per heavy atom. The Balaban J connectivity index is 0.984. The molecule has 3 nitrogen and oxygen atoms in total. The second-order valence-corrected chi connectivity index (χ2v) is 17.4. The summed E-state index contributed by atoms with van der Waals surface area (Å²) in [6, 6.07) is 67.5. The van der Waals surface area contributed by atoms with Gasteiger partial charge in [0.2, 0.25) is 0 Å². The number of para-hydroxylation sites is 2.